The molecule has 0 atom stereocenters. The third kappa shape index (κ3) is 7.45. The van der Waals surface area contributed by atoms with Crippen LogP contribution in [0.1, 0.15) is 15.9 Å². The summed E-state index contributed by atoms with van der Waals surface area (Å²) in [6, 6.07) is 15.3. The van der Waals surface area contributed by atoms with Crippen LogP contribution in [0.15, 0.2) is 78.7 Å². The van der Waals surface area contributed by atoms with Crippen molar-refractivity contribution in [3.8, 4) is 6.07 Å². The standard InChI is InChI=1S/C24H23N3O4S/c1-3-12-27(13-4-2)23(29)16-31-24(30)20-10-5-6-11-21(20)32-17-22(28)26-19-9-7-8-18(14-19)15-25/h3-11,14H,1-2,12-13,16-17H2,(H,26,28). The number of amides is 2. The first-order valence-electron chi connectivity index (χ1n) is 9.67. The molecule has 2 aromatic carbocycles. The van der Waals surface area contributed by atoms with Gasteiger partial charge in [0.1, 0.15) is 0 Å². The second-order valence-electron chi connectivity index (χ2n) is 6.48. The summed E-state index contributed by atoms with van der Waals surface area (Å²) in [7, 11) is 0. The maximum absolute atomic E-state index is 12.5. The Morgan fingerprint density at radius 2 is 1.81 bits per heavy atom. The first kappa shape index (κ1) is 24.4. The van der Waals surface area contributed by atoms with Crippen molar-refractivity contribution in [3.63, 3.8) is 0 Å². The van der Waals surface area contributed by atoms with Gasteiger partial charge in [-0.25, -0.2) is 4.79 Å². The van der Waals surface area contributed by atoms with Gasteiger partial charge in [-0.15, -0.1) is 24.9 Å². The molecule has 164 valence electrons. The molecule has 2 rings (SSSR count). The number of hydrogen-bond acceptors (Lipinski definition) is 6. The van der Waals surface area contributed by atoms with E-state index < -0.39 is 12.6 Å². The summed E-state index contributed by atoms with van der Waals surface area (Å²) in [5.74, 6) is -1.25. The molecule has 0 spiro atoms. The Hall–Kier alpha value is -3.83. The predicted octanol–water partition coefficient (Wildman–Crippen LogP) is 3.65. The molecule has 0 saturated carbocycles. The molecule has 2 amide bonds. The third-order valence-corrected chi connectivity index (χ3v) is 5.19. The molecule has 0 aliphatic rings. The summed E-state index contributed by atoms with van der Waals surface area (Å²) < 4.78 is 5.19. The molecule has 0 fully saturated rings. The van der Waals surface area contributed by atoms with Crippen molar-refractivity contribution in [1.82, 2.24) is 4.90 Å². The minimum Gasteiger partial charge on any atom is -0.452 e. The zero-order valence-corrected chi connectivity index (χ0v) is 18.3. The van der Waals surface area contributed by atoms with Crippen LogP contribution in [-0.2, 0) is 14.3 Å². The quantitative estimate of drug-likeness (QED) is 0.319. The molecule has 0 aliphatic heterocycles. The molecule has 0 heterocycles. The van der Waals surface area contributed by atoms with Crippen LogP contribution >= 0.6 is 11.8 Å². The van der Waals surface area contributed by atoms with Crippen LogP contribution in [0.25, 0.3) is 0 Å². The van der Waals surface area contributed by atoms with Crippen molar-refractivity contribution in [2.24, 2.45) is 0 Å². The van der Waals surface area contributed by atoms with Crippen LogP contribution in [0.4, 0.5) is 5.69 Å². The van der Waals surface area contributed by atoms with E-state index >= 15 is 0 Å². The molecule has 32 heavy (non-hydrogen) atoms. The van der Waals surface area contributed by atoms with Gasteiger partial charge in [-0.05, 0) is 30.3 Å². The van der Waals surface area contributed by atoms with E-state index in [0.29, 0.717) is 29.2 Å². The van der Waals surface area contributed by atoms with Gasteiger partial charge in [-0.1, -0.05) is 30.4 Å². The zero-order chi connectivity index (χ0) is 23.3. The number of carbonyl (C=O) groups excluding carboxylic acids is 3. The largest absolute Gasteiger partial charge is 0.452 e. The Morgan fingerprint density at radius 1 is 1.09 bits per heavy atom. The fourth-order valence-corrected chi connectivity index (χ4v) is 3.49. The van der Waals surface area contributed by atoms with Gasteiger partial charge in [0.2, 0.25) is 5.91 Å². The molecule has 1 N–H and O–H groups in total. The van der Waals surface area contributed by atoms with Crippen molar-refractivity contribution in [2.45, 2.75) is 4.90 Å². The number of rotatable bonds is 11. The van der Waals surface area contributed by atoms with E-state index in [1.54, 1.807) is 60.7 Å². The fraction of sp³-hybridized carbons (Fsp3) is 0.167. The van der Waals surface area contributed by atoms with Crippen LogP contribution in [0.5, 0.6) is 0 Å². The van der Waals surface area contributed by atoms with Crippen molar-refractivity contribution < 1.29 is 19.1 Å². The number of benzene rings is 2. The number of nitriles is 1. The number of thioether (sulfide) groups is 1. The predicted molar refractivity (Wildman–Crippen MR) is 124 cm³/mol. The van der Waals surface area contributed by atoms with E-state index in [1.807, 2.05) is 6.07 Å². The maximum Gasteiger partial charge on any atom is 0.339 e. The highest BCUT2D eigenvalue weighted by Gasteiger charge is 2.18. The average Bonchev–Trinajstić information content (AvgIpc) is 2.81. The molecule has 2 aromatic rings. The summed E-state index contributed by atoms with van der Waals surface area (Å²) >= 11 is 1.17. The first-order chi connectivity index (χ1) is 15.5. The van der Waals surface area contributed by atoms with Gasteiger partial charge in [0.15, 0.2) is 6.61 Å². The summed E-state index contributed by atoms with van der Waals surface area (Å²) in [5.41, 5.74) is 1.23. The van der Waals surface area contributed by atoms with Crippen LogP contribution < -0.4 is 5.32 Å². The van der Waals surface area contributed by atoms with Gasteiger partial charge in [0.25, 0.3) is 5.91 Å². The van der Waals surface area contributed by atoms with Crippen LogP contribution in [-0.4, -0.2) is 48.1 Å². The summed E-state index contributed by atoms with van der Waals surface area (Å²) in [5, 5.41) is 11.7. The number of nitrogens with one attached hydrogen (secondary N) is 1. The van der Waals surface area contributed by atoms with Crippen LogP contribution in [0.3, 0.4) is 0 Å². The molecule has 0 radical (unpaired) electrons. The Bertz CT molecular complexity index is 1040. The topological polar surface area (TPSA) is 99.5 Å². The lowest BCUT2D eigenvalue weighted by atomic mass is 10.2. The van der Waals surface area contributed by atoms with Crippen LogP contribution in [0, 0.1) is 11.3 Å². The lowest BCUT2D eigenvalue weighted by molar-refractivity contribution is -0.133. The SMILES string of the molecule is C=CCN(CC=C)C(=O)COC(=O)c1ccccc1SCC(=O)Nc1cccc(C#N)c1. The van der Waals surface area contributed by atoms with E-state index in [0.717, 1.165) is 0 Å². The van der Waals surface area contributed by atoms with E-state index in [2.05, 4.69) is 18.5 Å². The molecule has 0 aliphatic carbocycles. The molecular weight excluding hydrogens is 426 g/mol. The number of hydrogen-bond donors (Lipinski definition) is 1. The highest BCUT2D eigenvalue weighted by atomic mass is 32.2. The lowest BCUT2D eigenvalue weighted by Gasteiger charge is -2.19. The zero-order valence-electron chi connectivity index (χ0n) is 17.5. The maximum atomic E-state index is 12.5. The second-order valence-corrected chi connectivity index (χ2v) is 7.49. The third-order valence-electron chi connectivity index (χ3n) is 4.12. The number of anilines is 1. The monoisotopic (exact) mass is 449 g/mol. The minimum absolute atomic E-state index is 0.0481. The van der Waals surface area contributed by atoms with E-state index in [4.69, 9.17) is 10.00 Å². The molecule has 0 saturated heterocycles. The number of ether oxygens (including phenoxy) is 1. The average molecular weight is 450 g/mol. The van der Waals surface area contributed by atoms with Gasteiger partial charge in [-0.3, -0.25) is 9.59 Å². The van der Waals surface area contributed by atoms with Crippen molar-refractivity contribution in [3.05, 3.63) is 85.0 Å². The van der Waals surface area contributed by atoms with E-state index in [-0.39, 0.29) is 23.1 Å². The Kier molecular flexibility index (Phi) is 9.75. The smallest absolute Gasteiger partial charge is 0.339 e. The van der Waals surface area contributed by atoms with E-state index in [1.165, 1.54) is 16.7 Å². The number of nitrogens with zero attached hydrogens (tertiary/aromatic N) is 2. The van der Waals surface area contributed by atoms with Crippen LogP contribution in [0.2, 0.25) is 0 Å². The molecular formula is C24H23N3O4S. The van der Waals surface area contributed by atoms with Crippen molar-refractivity contribution in [2.75, 3.05) is 30.8 Å². The van der Waals surface area contributed by atoms with Gasteiger partial charge in [-0.2, -0.15) is 5.26 Å². The van der Waals surface area contributed by atoms with Gasteiger partial charge < -0.3 is 15.0 Å². The number of carbonyl (C=O) groups is 3. The summed E-state index contributed by atoms with van der Waals surface area (Å²) in [4.78, 5) is 39.1. The van der Waals surface area contributed by atoms with Crippen molar-refractivity contribution >= 4 is 35.2 Å². The fourth-order valence-electron chi connectivity index (χ4n) is 2.65. The molecule has 0 unspecified atom stereocenters. The highest BCUT2D eigenvalue weighted by Crippen LogP contribution is 2.24. The Morgan fingerprint density at radius 3 is 2.50 bits per heavy atom. The van der Waals surface area contributed by atoms with Crippen molar-refractivity contribution in [1.29, 1.82) is 5.26 Å². The second kappa shape index (κ2) is 12.8. The first-order valence-corrected chi connectivity index (χ1v) is 10.7. The summed E-state index contributed by atoms with van der Waals surface area (Å²) in [6.07, 6.45) is 3.16. The van der Waals surface area contributed by atoms with Gasteiger partial charge in [0.05, 0.1) is 22.9 Å². The minimum atomic E-state index is -0.652. The molecule has 8 heteroatoms. The highest BCUT2D eigenvalue weighted by molar-refractivity contribution is 8.00. The molecule has 0 aromatic heterocycles. The Balaban J connectivity index is 1.96. The molecule has 0 bridgehead atoms. The Labute approximate surface area is 191 Å². The number of esters is 1. The lowest BCUT2D eigenvalue weighted by Crippen LogP contribution is -2.35. The molecule has 7 nitrogen and oxygen atoms in total. The van der Waals surface area contributed by atoms with Gasteiger partial charge >= 0.3 is 5.97 Å². The van der Waals surface area contributed by atoms with E-state index in [9.17, 15) is 14.4 Å². The van der Waals surface area contributed by atoms with Gasteiger partial charge in [0, 0.05) is 23.7 Å². The normalized spacial score (nSPS) is 9.84. The summed E-state index contributed by atoms with van der Waals surface area (Å²) in [6.45, 7) is 7.44.